The van der Waals surface area contributed by atoms with Gasteiger partial charge in [0, 0.05) is 18.4 Å². The fourth-order valence-corrected chi connectivity index (χ4v) is 0.821. The first-order valence-electron chi connectivity index (χ1n) is 3.17. The van der Waals surface area contributed by atoms with Crippen LogP contribution in [0.5, 0.6) is 0 Å². The third-order valence-corrected chi connectivity index (χ3v) is 1.35. The Hall–Kier alpha value is -0.730. The van der Waals surface area contributed by atoms with Gasteiger partial charge in [-0.05, 0) is 6.07 Å². The molecule has 0 amide bonds. The van der Waals surface area contributed by atoms with Gasteiger partial charge >= 0.3 is 0 Å². The molecule has 0 aliphatic carbocycles. The summed E-state index contributed by atoms with van der Waals surface area (Å²) in [6.45, 7) is 0.590. The normalized spacial score (nSPS) is 8.82. The van der Waals surface area contributed by atoms with E-state index in [-0.39, 0.29) is 12.4 Å². The van der Waals surface area contributed by atoms with Gasteiger partial charge in [0.05, 0.1) is 6.61 Å². The number of rotatable bonds is 2. The van der Waals surface area contributed by atoms with Crippen LogP contribution in [0.15, 0.2) is 24.3 Å². The van der Waals surface area contributed by atoms with Gasteiger partial charge in [-0.1, -0.05) is 18.2 Å². The lowest BCUT2D eigenvalue weighted by Gasteiger charge is -2.01. The Balaban J connectivity index is 0.000001000. The van der Waals surface area contributed by atoms with Crippen molar-refractivity contribution in [3.63, 3.8) is 0 Å². The van der Waals surface area contributed by atoms with E-state index in [1.54, 1.807) is 7.11 Å². The van der Waals surface area contributed by atoms with Gasteiger partial charge in [-0.3, -0.25) is 0 Å². The topological polar surface area (TPSA) is 35.2 Å². The fraction of sp³-hybridized carbons (Fsp3) is 0.250. The molecule has 3 heteroatoms. The Bertz CT molecular complexity index is 215. The summed E-state index contributed by atoms with van der Waals surface area (Å²) in [5.74, 6) is 0. The third kappa shape index (κ3) is 2.78. The summed E-state index contributed by atoms with van der Waals surface area (Å²) in [4.78, 5) is 0. The Morgan fingerprint density at radius 2 is 2.00 bits per heavy atom. The quantitative estimate of drug-likeness (QED) is 0.693. The van der Waals surface area contributed by atoms with Crippen LogP contribution in [0.1, 0.15) is 5.56 Å². The van der Waals surface area contributed by atoms with Gasteiger partial charge in [0.2, 0.25) is 0 Å². The Morgan fingerprint density at radius 3 is 2.55 bits per heavy atom. The minimum Gasteiger partial charge on any atom is -0.398 e. The molecule has 0 fully saturated rings. The third-order valence-electron chi connectivity index (χ3n) is 1.35. The van der Waals surface area contributed by atoms with E-state index >= 15 is 0 Å². The second-order valence-corrected chi connectivity index (χ2v) is 2.13. The van der Waals surface area contributed by atoms with Crippen molar-refractivity contribution < 1.29 is 4.74 Å². The average Bonchev–Trinajstić information content (AvgIpc) is 1.94. The summed E-state index contributed by atoms with van der Waals surface area (Å²) >= 11 is 0. The number of halogens is 1. The number of hydrogen-bond acceptors (Lipinski definition) is 2. The van der Waals surface area contributed by atoms with Crippen LogP contribution in [0.3, 0.4) is 0 Å². The molecule has 0 saturated heterocycles. The van der Waals surface area contributed by atoms with E-state index < -0.39 is 0 Å². The number of methoxy groups -OCH3 is 1. The lowest BCUT2D eigenvalue weighted by Crippen LogP contribution is -1.94. The van der Waals surface area contributed by atoms with E-state index in [0.29, 0.717) is 6.61 Å². The summed E-state index contributed by atoms with van der Waals surface area (Å²) in [6, 6.07) is 7.69. The van der Waals surface area contributed by atoms with Crippen LogP contribution in [0.4, 0.5) is 5.69 Å². The van der Waals surface area contributed by atoms with Gasteiger partial charge in [0.25, 0.3) is 0 Å². The van der Waals surface area contributed by atoms with Crippen molar-refractivity contribution in [1.29, 1.82) is 0 Å². The predicted molar refractivity (Wildman–Crippen MR) is 48.8 cm³/mol. The molecule has 0 aliphatic rings. The maximum Gasteiger partial charge on any atom is 0.0733 e. The summed E-state index contributed by atoms with van der Waals surface area (Å²) in [6.07, 6.45) is 0. The molecule has 1 aromatic rings. The van der Waals surface area contributed by atoms with Crippen LogP contribution in [0, 0.1) is 0 Å². The first-order chi connectivity index (χ1) is 4.84. The number of para-hydroxylation sites is 1. The van der Waals surface area contributed by atoms with Gasteiger partial charge in [0.15, 0.2) is 0 Å². The Kier molecular flexibility index (Phi) is 4.66. The maximum absolute atomic E-state index is 5.63. The van der Waals surface area contributed by atoms with Crippen molar-refractivity contribution >= 4 is 18.1 Å². The van der Waals surface area contributed by atoms with Crippen molar-refractivity contribution in [2.45, 2.75) is 6.61 Å². The van der Waals surface area contributed by atoms with Crippen LogP contribution >= 0.6 is 12.4 Å². The molecule has 0 aliphatic heterocycles. The molecule has 0 unspecified atom stereocenters. The monoisotopic (exact) mass is 173 g/mol. The molecule has 2 nitrogen and oxygen atoms in total. The summed E-state index contributed by atoms with van der Waals surface area (Å²) in [5.41, 5.74) is 7.47. The molecular weight excluding hydrogens is 162 g/mol. The number of hydrogen-bond donors (Lipinski definition) is 1. The maximum atomic E-state index is 5.63. The highest BCUT2D eigenvalue weighted by atomic mass is 35.5. The fourth-order valence-electron chi connectivity index (χ4n) is 0.821. The van der Waals surface area contributed by atoms with Crippen LogP contribution in [0.2, 0.25) is 0 Å². The highest BCUT2D eigenvalue weighted by Crippen LogP contribution is 2.10. The molecule has 0 atom stereocenters. The largest absolute Gasteiger partial charge is 0.398 e. The van der Waals surface area contributed by atoms with Gasteiger partial charge in [-0.15, -0.1) is 12.4 Å². The molecule has 0 spiro atoms. The number of ether oxygens (including phenoxy) is 1. The minimum absolute atomic E-state index is 0. The van der Waals surface area contributed by atoms with Crippen molar-refractivity contribution in [1.82, 2.24) is 0 Å². The molecule has 0 saturated carbocycles. The number of benzene rings is 1. The van der Waals surface area contributed by atoms with Crippen LogP contribution in [-0.4, -0.2) is 7.11 Å². The minimum atomic E-state index is 0. The van der Waals surface area contributed by atoms with Gasteiger partial charge in [0.1, 0.15) is 0 Å². The second kappa shape index (κ2) is 4.99. The first kappa shape index (κ1) is 10.3. The zero-order chi connectivity index (χ0) is 7.40. The molecule has 0 radical (unpaired) electrons. The van der Waals surface area contributed by atoms with Crippen molar-refractivity contribution in [3.8, 4) is 0 Å². The second-order valence-electron chi connectivity index (χ2n) is 2.13. The molecule has 0 bridgehead atoms. The van der Waals surface area contributed by atoms with Crippen molar-refractivity contribution in [2.24, 2.45) is 0 Å². The number of nitrogen functional groups attached to an aromatic ring is 1. The number of anilines is 1. The highest BCUT2D eigenvalue weighted by molar-refractivity contribution is 5.85. The molecule has 0 aromatic heterocycles. The SMILES string of the molecule is COCc1ccccc1N.Cl. The molecular formula is C8H12ClNO. The van der Waals surface area contributed by atoms with Gasteiger partial charge in [-0.25, -0.2) is 0 Å². The van der Waals surface area contributed by atoms with E-state index in [4.69, 9.17) is 10.5 Å². The summed E-state index contributed by atoms with van der Waals surface area (Å²) in [5, 5.41) is 0. The van der Waals surface area contributed by atoms with Crippen LogP contribution < -0.4 is 5.73 Å². The molecule has 2 N–H and O–H groups in total. The van der Waals surface area contributed by atoms with E-state index in [1.165, 1.54) is 0 Å². The van der Waals surface area contributed by atoms with Gasteiger partial charge < -0.3 is 10.5 Å². The predicted octanol–water partition coefficient (Wildman–Crippen LogP) is 1.84. The first-order valence-corrected chi connectivity index (χ1v) is 3.17. The van der Waals surface area contributed by atoms with E-state index in [0.717, 1.165) is 11.3 Å². The molecule has 1 rings (SSSR count). The Labute approximate surface area is 72.8 Å². The lowest BCUT2D eigenvalue weighted by atomic mass is 10.2. The Morgan fingerprint density at radius 1 is 1.36 bits per heavy atom. The number of nitrogens with two attached hydrogens (primary N) is 1. The zero-order valence-electron chi connectivity index (χ0n) is 6.41. The van der Waals surface area contributed by atoms with E-state index in [2.05, 4.69) is 0 Å². The smallest absolute Gasteiger partial charge is 0.0733 e. The standard InChI is InChI=1S/C8H11NO.ClH/c1-10-6-7-4-2-3-5-8(7)9;/h2-5H,6,9H2,1H3;1H. The zero-order valence-corrected chi connectivity index (χ0v) is 7.23. The molecule has 0 heterocycles. The molecule has 11 heavy (non-hydrogen) atoms. The molecule has 62 valence electrons. The van der Waals surface area contributed by atoms with Crippen LogP contribution in [-0.2, 0) is 11.3 Å². The van der Waals surface area contributed by atoms with Crippen LogP contribution in [0.25, 0.3) is 0 Å². The molecule has 1 aromatic carbocycles. The summed E-state index contributed by atoms with van der Waals surface area (Å²) in [7, 11) is 1.66. The van der Waals surface area contributed by atoms with Crippen molar-refractivity contribution in [3.05, 3.63) is 29.8 Å². The lowest BCUT2D eigenvalue weighted by molar-refractivity contribution is 0.185. The highest BCUT2D eigenvalue weighted by Gasteiger charge is 1.93. The van der Waals surface area contributed by atoms with Gasteiger partial charge in [-0.2, -0.15) is 0 Å². The average molecular weight is 174 g/mol. The summed E-state index contributed by atoms with van der Waals surface area (Å²) < 4.78 is 4.93. The van der Waals surface area contributed by atoms with E-state index in [9.17, 15) is 0 Å². The van der Waals surface area contributed by atoms with Crippen molar-refractivity contribution in [2.75, 3.05) is 12.8 Å². The van der Waals surface area contributed by atoms with E-state index in [1.807, 2.05) is 24.3 Å².